The molecule has 1 aliphatic carbocycles. The molecule has 1 N–H and O–H groups in total. The van der Waals surface area contributed by atoms with Crippen LogP contribution in [0.3, 0.4) is 0 Å². The summed E-state index contributed by atoms with van der Waals surface area (Å²) in [5.41, 5.74) is -0.411. The molecule has 1 saturated heterocycles. The Balaban J connectivity index is 1.77. The van der Waals surface area contributed by atoms with Gasteiger partial charge in [-0.1, -0.05) is 0 Å². The Morgan fingerprint density at radius 3 is 2.78 bits per heavy atom. The van der Waals surface area contributed by atoms with E-state index >= 15 is 0 Å². The summed E-state index contributed by atoms with van der Waals surface area (Å²) in [4.78, 5) is 2.28. The summed E-state index contributed by atoms with van der Waals surface area (Å²) in [5.74, 6) is 0.632. The zero-order valence-electron chi connectivity index (χ0n) is 11.6. The molecule has 102 valence electrons. The molecule has 0 aromatic rings. The van der Waals surface area contributed by atoms with Crippen LogP contribution in [0.4, 0.5) is 0 Å². The van der Waals surface area contributed by atoms with E-state index in [9.17, 15) is 5.26 Å². The first-order chi connectivity index (χ1) is 8.61. The molecule has 1 aliphatic heterocycles. The van der Waals surface area contributed by atoms with Crippen LogP contribution >= 0.6 is 0 Å². The van der Waals surface area contributed by atoms with Gasteiger partial charge in [0.15, 0.2) is 0 Å². The maximum atomic E-state index is 9.35. The van der Waals surface area contributed by atoms with E-state index in [1.165, 1.54) is 25.7 Å². The summed E-state index contributed by atoms with van der Waals surface area (Å²) < 4.78 is 5.51. The van der Waals surface area contributed by atoms with Crippen molar-refractivity contribution >= 4 is 0 Å². The van der Waals surface area contributed by atoms with Crippen LogP contribution in [0.25, 0.3) is 0 Å². The van der Waals surface area contributed by atoms with Gasteiger partial charge in [-0.15, -0.1) is 0 Å². The molecule has 4 nitrogen and oxygen atoms in total. The van der Waals surface area contributed by atoms with E-state index in [2.05, 4.69) is 23.3 Å². The van der Waals surface area contributed by atoms with Crippen LogP contribution in [0.5, 0.6) is 0 Å². The highest BCUT2D eigenvalue weighted by molar-refractivity contribution is 5.08. The molecule has 2 aliphatic rings. The fourth-order valence-corrected chi connectivity index (χ4v) is 2.79. The van der Waals surface area contributed by atoms with Gasteiger partial charge in [-0.2, -0.15) is 5.26 Å². The van der Waals surface area contributed by atoms with Crippen molar-refractivity contribution in [2.24, 2.45) is 5.92 Å². The van der Waals surface area contributed by atoms with Crippen molar-refractivity contribution in [3.63, 3.8) is 0 Å². The molecule has 2 fully saturated rings. The zero-order valence-corrected chi connectivity index (χ0v) is 11.6. The van der Waals surface area contributed by atoms with Gasteiger partial charge in [-0.05, 0) is 45.6 Å². The number of nitrogens with one attached hydrogen (secondary N) is 1. The number of nitriles is 1. The molecule has 2 unspecified atom stereocenters. The Morgan fingerprint density at radius 2 is 2.22 bits per heavy atom. The van der Waals surface area contributed by atoms with E-state index < -0.39 is 5.54 Å². The summed E-state index contributed by atoms with van der Waals surface area (Å²) >= 11 is 0. The minimum atomic E-state index is -0.411. The summed E-state index contributed by atoms with van der Waals surface area (Å²) in [5, 5.41) is 12.8. The van der Waals surface area contributed by atoms with Crippen molar-refractivity contribution in [3.8, 4) is 6.07 Å². The van der Waals surface area contributed by atoms with Crippen LogP contribution in [0.1, 0.15) is 32.6 Å². The molecule has 2 atom stereocenters. The molecule has 18 heavy (non-hydrogen) atoms. The van der Waals surface area contributed by atoms with Crippen molar-refractivity contribution in [3.05, 3.63) is 0 Å². The van der Waals surface area contributed by atoms with E-state index in [-0.39, 0.29) is 0 Å². The van der Waals surface area contributed by atoms with Crippen molar-refractivity contribution in [2.75, 3.05) is 33.4 Å². The molecule has 0 aromatic carbocycles. The van der Waals surface area contributed by atoms with Gasteiger partial charge in [0.2, 0.25) is 0 Å². The molecule has 0 aromatic heterocycles. The van der Waals surface area contributed by atoms with Crippen molar-refractivity contribution in [1.29, 1.82) is 5.26 Å². The monoisotopic (exact) mass is 251 g/mol. The second-order valence-corrected chi connectivity index (χ2v) is 6.14. The largest absolute Gasteiger partial charge is 0.381 e. The predicted octanol–water partition coefficient (Wildman–Crippen LogP) is 1.38. The number of nitrogens with zero attached hydrogens (tertiary/aromatic N) is 2. The zero-order chi connectivity index (χ0) is 13.0. The molecule has 2 rings (SSSR count). The van der Waals surface area contributed by atoms with Gasteiger partial charge < -0.3 is 9.64 Å². The molecular weight excluding hydrogens is 226 g/mol. The number of likely N-dealkylation sites (N-methyl/N-ethyl adjacent to an activating group) is 1. The Kier molecular flexibility index (Phi) is 4.60. The minimum Gasteiger partial charge on any atom is -0.381 e. The van der Waals surface area contributed by atoms with Crippen LogP contribution in [-0.2, 0) is 4.74 Å². The number of hydrogen-bond donors (Lipinski definition) is 1. The lowest BCUT2D eigenvalue weighted by atomic mass is 9.99. The second-order valence-electron chi connectivity index (χ2n) is 6.14. The third-order valence-electron chi connectivity index (χ3n) is 3.76. The van der Waals surface area contributed by atoms with Crippen LogP contribution in [-0.4, -0.2) is 49.8 Å². The fraction of sp³-hybridized carbons (Fsp3) is 0.929. The molecule has 4 heteroatoms. The molecule has 0 radical (unpaired) electrons. The first kappa shape index (κ1) is 13.8. The molecule has 0 bridgehead atoms. The smallest absolute Gasteiger partial charge is 0.116 e. The maximum absolute atomic E-state index is 9.35. The topological polar surface area (TPSA) is 48.3 Å². The first-order valence-electron chi connectivity index (χ1n) is 7.06. The standard InChI is InChI=1S/C14H25N3O/c1-14(10-15,16-13-5-6-13)11-17(2)8-12-4-3-7-18-9-12/h12-13,16H,3-9,11H2,1-2H3. The van der Waals surface area contributed by atoms with Crippen molar-refractivity contribution < 1.29 is 4.74 Å². The Hall–Kier alpha value is -0.630. The number of rotatable bonds is 6. The molecule has 0 amide bonds. The highest BCUT2D eigenvalue weighted by atomic mass is 16.5. The van der Waals surface area contributed by atoms with Gasteiger partial charge in [-0.3, -0.25) is 5.32 Å². The summed E-state index contributed by atoms with van der Waals surface area (Å²) in [6.07, 6.45) is 4.87. The fourth-order valence-electron chi connectivity index (χ4n) is 2.79. The SMILES string of the molecule is CN(CC1CCCOC1)CC(C)(C#N)NC1CC1. The van der Waals surface area contributed by atoms with Crippen LogP contribution in [0.15, 0.2) is 0 Å². The number of ether oxygens (including phenoxy) is 1. The van der Waals surface area contributed by atoms with E-state index in [1.807, 2.05) is 6.92 Å². The summed E-state index contributed by atoms with van der Waals surface area (Å²) in [6, 6.07) is 3.00. The van der Waals surface area contributed by atoms with E-state index in [4.69, 9.17) is 4.74 Å². The van der Waals surface area contributed by atoms with Gasteiger partial charge in [0, 0.05) is 25.7 Å². The quantitative estimate of drug-likeness (QED) is 0.775. The van der Waals surface area contributed by atoms with Gasteiger partial charge in [-0.25, -0.2) is 0 Å². The van der Waals surface area contributed by atoms with Gasteiger partial charge in [0.05, 0.1) is 12.7 Å². The van der Waals surface area contributed by atoms with Gasteiger partial charge in [0.1, 0.15) is 5.54 Å². The van der Waals surface area contributed by atoms with E-state index in [0.29, 0.717) is 12.0 Å². The molecule has 0 spiro atoms. The third-order valence-corrected chi connectivity index (χ3v) is 3.76. The normalized spacial score (nSPS) is 27.8. The van der Waals surface area contributed by atoms with Crippen LogP contribution < -0.4 is 5.32 Å². The second kappa shape index (κ2) is 6.01. The average Bonchev–Trinajstić information content (AvgIpc) is 3.13. The summed E-state index contributed by atoms with van der Waals surface area (Å²) in [6.45, 7) is 5.63. The number of hydrogen-bond acceptors (Lipinski definition) is 4. The first-order valence-corrected chi connectivity index (χ1v) is 7.06. The molecule has 1 heterocycles. The lowest BCUT2D eigenvalue weighted by molar-refractivity contribution is 0.0399. The molecular formula is C14H25N3O. The maximum Gasteiger partial charge on any atom is 0.116 e. The minimum absolute atomic E-state index is 0.411. The van der Waals surface area contributed by atoms with Crippen molar-refractivity contribution in [1.82, 2.24) is 10.2 Å². The van der Waals surface area contributed by atoms with E-state index in [0.717, 1.165) is 26.3 Å². The Morgan fingerprint density at radius 1 is 1.44 bits per heavy atom. The summed E-state index contributed by atoms with van der Waals surface area (Å²) in [7, 11) is 2.11. The third kappa shape index (κ3) is 4.24. The van der Waals surface area contributed by atoms with Gasteiger partial charge in [0.25, 0.3) is 0 Å². The predicted molar refractivity (Wildman–Crippen MR) is 71.2 cm³/mol. The molecule has 1 saturated carbocycles. The van der Waals surface area contributed by atoms with E-state index in [1.54, 1.807) is 0 Å². The average molecular weight is 251 g/mol. The van der Waals surface area contributed by atoms with Crippen LogP contribution in [0.2, 0.25) is 0 Å². The Bertz CT molecular complexity index is 305. The van der Waals surface area contributed by atoms with Crippen LogP contribution in [0, 0.1) is 17.2 Å². The lowest BCUT2D eigenvalue weighted by Gasteiger charge is -2.32. The lowest BCUT2D eigenvalue weighted by Crippen LogP contribution is -2.51. The van der Waals surface area contributed by atoms with Crippen molar-refractivity contribution in [2.45, 2.75) is 44.2 Å². The Labute approximate surface area is 110 Å². The van der Waals surface area contributed by atoms with Gasteiger partial charge >= 0.3 is 0 Å². The highest BCUT2D eigenvalue weighted by Crippen LogP contribution is 2.23. The highest BCUT2D eigenvalue weighted by Gasteiger charge is 2.33.